The molecule has 8 aliphatic rings. The van der Waals surface area contributed by atoms with Gasteiger partial charge < -0.3 is 16.4 Å². The third kappa shape index (κ3) is 11.0. The first kappa shape index (κ1) is 46.2. The van der Waals surface area contributed by atoms with Gasteiger partial charge in [-0.2, -0.15) is 4.99 Å². The number of alkyl halides is 6. The minimum absolute atomic E-state index is 0.0407. The predicted octanol–water partition coefficient (Wildman–Crippen LogP) is 13.9. The van der Waals surface area contributed by atoms with Crippen LogP contribution < -0.4 is 16.4 Å². The fourth-order valence-corrected chi connectivity index (χ4v) is 15.5. The number of rotatable bonds is 7. The van der Waals surface area contributed by atoms with Crippen LogP contribution in [0.25, 0.3) is 0 Å². The number of aliphatic imine (C=N–C) groups is 1. The topological polar surface area (TPSA) is 96.6 Å². The number of amides is 2. The monoisotopic (exact) mass is 940 g/mol. The zero-order valence-corrected chi connectivity index (χ0v) is 38.6. The van der Waals surface area contributed by atoms with Gasteiger partial charge in [-0.15, -0.1) is 69.6 Å². The molecule has 8 aliphatic carbocycles. The van der Waals surface area contributed by atoms with Crippen molar-refractivity contribution in [2.75, 3.05) is 10.7 Å². The highest BCUT2D eigenvalue weighted by atomic mass is 35.5. The fraction of sp³-hybridized carbons (Fsp3) is 0.469. The Hall–Kier alpha value is -2.77. The standard InChI is InChI=1S/C24H26Cl2N2O.C17H21Cl2N.C7H5NO.CH2Cl2/c25-23-12-16-11-18(14-23)20(24(26,13-16)15-23)21(17-7-3-1-4-8-17)28-22(29)27-19-9-5-2-6-10-19;18-16-7-11-6-13(9-16)14(17(19,8-11)10-16)15(20)12-4-2-1-3-5-12;9-6-8-7-4-2-1-3-5-7;2-1-3/h1-10,16,18,20-21H,11-15H2,(H2,27,28,29);1-5,11,13-15H,6-10,20H2;1-5H;1H2/t16?,18?,20-,21+,23+,24+;11?,13?,14-,15+,16+,17+;;/m11../s1. The van der Waals surface area contributed by atoms with Crippen molar-refractivity contribution in [3.8, 4) is 0 Å². The third-order valence-corrected chi connectivity index (χ3v) is 15.8. The number of isocyanates is 1. The van der Waals surface area contributed by atoms with Crippen LogP contribution in [0, 0.1) is 35.5 Å². The first-order chi connectivity index (χ1) is 29.3. The lowest BCUT2D eigenvalue weighted by molar-refractivity contribution is -0.0226. The summed E-state index contributed by atoms with van der Waals surface area (Å²) in [6.45, 7) is 0. The van der Waals surface area contributed by atoms with Crippen LogP contribution in [0.15, 0.2) is 126 Å². The van der Waals surface area contributed by atoms with Crippen molar-refractivity contribution in [1.82, 2.24) is 5.32 Å². The van der Waals surface area contributed by atoms with Crippen molar-refractivity contribution in [3.63, 3.8) is 0 Å². The highest BCUT2D eigenvalue weighted by molar-refractivity contribution is 6.40. The van der Waals surface area contributed by atoms with E-state index in [1.165, 1.54) is 24.5 Å². The summed E-state index contributed by atoms with van der Waals surface area (Å²) in [5.74, 6) is 2.92. The lowest BCUT2D eigenvalue weighted by atomic mass is 9.49. The van der Waals surface area contributed by atoms with E-state index in [0.717, 1.165) is 68.5 Å². The zero-order valence-electron chi connectivity index (χ0n) is 34.1. The normalized spacial score (nSPS) is 34.1. The third-order valence-electron chi connectivity index (χ3n) is 13.9. The van der Waals surface area contributed by atoms with Gasteiger partial charge in [-0.3, -0.25) is 0 Å². The molecule has 324 valence electrons. The van der Waals surface area contributed by atoms with E-state index in [9.17, 15) is 9.59 Å². The van der Waals surface area contributed by atoms with Crippen LogP contribution in [0.3, 0.4) is 0 Å². The molecule has 12 heteroatoms. The van der Waals surface area contributed by atoms with Gasteiger partial charge in [-0.25, -0.2) is 9.59 Å². The van der Waals surface area contributed by atoms with E-state index < -0.39 is 0 Å². The Bertz CT molecular complexity index is 2100. The van der Waals surface area contributed by atoms with Crippen molar-refractivity contribution >= 4 is 93.1 Å². The Morgan fingerprint density at radius 3 is 1.56 bits per heavy atom. The summed E-state index contributed by atoms with van der Waals surface area (Å²) in [7, 11) is 0. The molecule has 0 heterocycles. The Kier molecular flexibility index (Phi) is 15.1. The Balaban J connectivity index is 0.000000151. The Morgan fingerprint density at radius 2 is 1.10 bits per heavy atom. The second-order valence-corrected chi connectivity index (χ2v) is 22.1. The van der Waals surface area contributed by atoms with Crippen molar-refractivity contribution in [2.45, 2.75) is 95.8 Å². The van der Waals surface area contributed by atoms with Gasteiger partial charge in [0.05, 0.1) is 26.8 Å². The summed E-state index contributed by atoms with van der Waals surface area (Å²) in [6.07, 6.45) is 12.1. The number of hydrogen-bond acceptors (Lipinski definition) is 4. The van der Waals surface area contributed by atoms with Crippen LogP contribution in [0.4, 0.5) is 16.2 Å². The van der Waals surface area contributed by atoms with Gasteiger partial charge in [0.15, 0.2) is 0 Å². The molecular weight excluding hydrogens is 889 g/mol. The van der Waals surface area contributed by atoms with Crippen LogP contribution in [0.1, 0.15) is 87.4 Å². The summed E-state index contributed by atoms with van der Waals surface area (Å²) < 4.78 is 0. The summed E-state index contributed by atoms with van der Waals surface area (Å²) in [6, 6.07) is 38.9. The number of nitrogens with zero attached hydrogens (tertiary/aromatic N) is 1. The molecule has 0 radical (unpaired) electrons. The number of carbonyl (C=O) groups excluding carboxylic acids is 2. The highest BCUT2D eigenvalue weighted by Gasteiger charge is 2.64. The minimum atomic E-state index is -0.355. The Morgan fingerprint density at radius 1 is 0.656 bits per heavy atom. The van der Waals surface area contributed by atoms with Crippen molar-refractivity contribution < 1.29 is 9.59 Å². The van der Waals surface area contributed by atoms with E-state index >= 15 is 0 Å². The number of benzene rings is 4. The van der Waals surface area contributed by atoms with Crippen LogP contribution in [-0.2, 0) is 4.79 Å². The lowest BCUT2D eigenvalue weighted by Gasteiger charge is -2.63. The van der Waals surface area contributed by atoms with E-state index in [0.29, 0.717) is 29.4 Å². The van der Waals surface area contributed by atoms with Gasteiger partial charge in [0.2, 0.25) is 6.08 Å². The van der Waals surface area contributed by atoms with Crippen molar-refractivity contribution in [1.29, 1.82) is 0 Å². The maximum Gasteiger partial charge on any atom is 0.319 e. The van der Waals surface area contributed by atoms with Gasteiger partial charge in [0.25, 0.3) is 0 Å². The second-order valence-electron chi connectivity index (χ2n) is 18.2. The molecule has 0 saturated heterocycles. The van der Waals surface area contributed by atoms with Crippen LogP contribution in [0.5, 0.6) is 0 Å². The number of para-hydroxylation sites is 2. The van der Waals surface area contributed by atoms with Gasteiger partial charge in [-0.05, 0) is 123 Å². The molecule has 0 aliphatic heterocycles. The first-order valence-corrected chi connectivity index (χ1v) is 23.8. The molecule has 0 spiro atoms. The molecule has 4 N–H and O–H groups in total. The van der Waals surface area contributed by atoms with E-state index in [4.69, 9.17) is 75.3 Å². The summed E-state index contributed by atoms with van der Waals surface area (Å²) in [5, 5.41) is 6.43. The number of hydrogen-bond donors (Lipinski definition) is 3. The molecule has 4 unspecified atom stereocenters. The van der Waals surface area contributed by atoms with Gasteiger partial charge in [-0.1, -0.05) is 97.1 Å². The number of halogens is 6. The molecule has 12 atom stereocenters. The average Bonchev–Trinajstić information content (AvgIpc) is 3.20. The molecule has 4 aromatic rings. The first-order valence-electron chi connectivity index (χ1n) is 21.3. The summed E-state index contributed by atoms with van der Waals surface area (Å²) in [4.78, 5) is 25.3. The SMILES string of the molecule is ClCCl.N[C@@H](c1ccccc1)[C@H]1C2CC3C[C@](Cl)(C2)C[C@@]1(Cl)C3.O=C(Nc1ccccc1)N[C@@H](c1ccccc1)[C@H]1C2CC3C[C@](Cl)(C2)C[C@@]1(Cl)C3.O=C=Nc1ccccc1. The maximum atomic E-state index is 12.9. The largest absolute Gasteiger partial charge is 0.331 e. The molecule has 12 rings (SSSR count). The molecule has 8 saturated carbocycles. The maximum absolute atomic E-state index is 12.9. The summed E-state index contributed by atoms with van der Waals surface area (Å²) >= 11 is 37.7. The van der Waals surface area contributed by atoms with E-state index in [-0.39, 0.29) is 48.9 Å². The number of nitrogens with two attached hydrogens (primary N) is 1. The minimum Gasteiger partial charge on any atom is -0.331 e. The molecule has 2 amide bonds. The lowest BCUT2D eigenvalue weighted by Crippen LogP contribution is -2.62. The van der Waals surface area contributed by atoms with Crippen molar-refractivity contribution in [2.24, 2.45) is 46.2 Å². The molecular formula is C49H54Cl6N4O2. The predicted molar refractivity (Wildman–Crippen MR) is 253 cm³/mol. The number of anilines is 1. The van der Waals surface area contributed by atoms with E-state index in [1.807, 2.05) is 72.8 Å². The number of urea groups is 1. The molecule has 6 nitrogen and oxygen atoms in total. The van der Waals surface area contributed by atoms with Crippen LogP contribution in [0.2, 0.25) is 0 Å². The molecule has 8 bridgehead atoms. The zero-order chi connectivity index (χ0) is 43.3. The van der Waals surface area contributed by atoms with E-state index in [1.54, 1.807) is 12.1 Å². The van der Waals surface area contributed by atoms with E-state index in [2.05, 4.69) is 52.0 Å². The smallest absolute Gasteiger partial charge is 0.319 e. The van der Waals surface area contributed by atoms with Gasteiger partial charge in [0.1, 0.15) is 0 Å². The Labute approximate surface area is 390 Å². The molecule has 0 aromatic heterocycles. The van der Waals surface area contributed by atoms with Crippen LogP contribution >= 0.6 is 69.6 Å². The molecule has 8 fully saturated rings. The summed E-state index contributed by atoms with van der Waals surface area (Å²) in [5.41, 5.74) is 10.4. The second kappa shape index (κ2) is 20.0. The fourth-order valence-electron chi connectivity index (χ4n) is 12.5. The molecule has 4 aromatic carbocycles. The molecule has 61 heavy (non-hydrogen) atoms. The number of carbonyl (C=O) groups is 1. The quantitative estimate of drug-likeness (QED) is 0.0978. The number of nitrogens with one attached hydrogen (secondary N) is 2. The average molecular weight is 944 g/mol. The van der Waals surface area contributed by atoms with Gasteiger partial charge >= 0.3 is 6.03 Å². The van der Waals surface area contributed by atoms with Gasteiger partial charge in [0, 0.05) is 33.3 Å². The van der Waals surface area contributed by atoms with Crippen molar-refractivity contribution in [3.05, 3.63) is 132 Å². The highest BCUT2D eigenvalue weighted by Crippen LogP contribution is 2.68. The van der Waals surface area contributed by atoms with Crippen LogP contribution in [-0.4, -0.2) is 36.9 Å².